The van der Waals surface area contributed by atoms with Gasteiger partial charge in [-0.15, -0.1) is 0 Å². The van der Waals surface area contributed by atoms with Crippen LogP contribution >= 0.6 is 0 Å². The molecule has 1 N–H and O–H groups in total. The Bertz CT molecular complexity index is 582. The van der Waals surface area contributed by atoms with E-state index in [1.54, 1.807) is 4.90 Å². The molecule has 24 heavy (non-hydrogen) atoms. The van der Waals surface area contributed by atoms with Crippen LogP contribution in [-0.2, 0) is 20.7 Å². The van der Waals surface area contributed by atoms with Crippen LogP contribution in [0.15, 0.2) is 30.3 Å². The molecular weight excluding hydrogens is 304 g/mol. The van der Waals surface area contributed by atoms with Crippen molar-refractivity contribution < 1.29 is 14.3 Å². The number of benzene rings is 1. The molecule has 0 radical (unpaired) electrons. The number of carbonyl (C=O) groups excluding carboxylic acids is 2. The van der Waals surface area contributed by atoms with E-state index in [1.165, 1.54) is 0 Å². The van der Waals surface area contributed by atoms with E-state index in [9.17, 15) is 9.59 Å². The average molecular weight is 330 g/mol. The van der Waals surface area contributed by atoms with Gasteiger partial charge in [-0.25, -0.2) is 0 Å². The largest absolute Gasteiger partial charge is 0.373 e. The molecule has 2 aliphatic rings. The van der Waals surface area contributed by atoms with Crippen LogP contribution < -0.4 is 5.32 Å². The first-order chi connectivity index (χ1) is 11.6. The van der Waals surface area contributed by atoms with Crippen LogP contribution in [0, 0.1) is 0 Å². The van der Waals surface area contributed by atoms with E-state index in [0.29, 0.717) is 19.5 Å². The number of carbonyl (C=O) groups is 2. The molecule has 0 bridgehead atoms. The van der Waals surface area contributed by atoms with Gasteiger partial charge in [0, 0.05) is 19.7 Å². The van der Waals surface area contributed by atoms with Crippen LogP contribution in [-0.4, -0.2) is 48.1 Å². The summed E-state index contributed by atoms with van der Waals surface area (Å²) >= 11 is 0. The Kier molecular flexibility index (Phi) is 5.19. The van der Waals surface area contributed by atoms with Gasteiger partial charge in [0.15, 0.2) is 0 Å². The quantitative estimate of drug-likeness (QED) is 0.897. The highest BCUT2D eigenvalue weighted by atomic mass is 16.5. The maximum atomic E-state index is 12.6. The molecule has 5 nitrogen and oxygen atoms in total. The molecular formula is C19H26N2O3. The van der Waals surface area contributed by atoms with Crippen LogP contribution in [0.4, 0.5) is 0 Å². The molecule has 130 valence electrons. The molecule has 5 heteroatoms. The van der Waals surface area contributed by atoms with E-state index in [4.69, 9.17) is 4.74 Å². The van der Waals surface area contributed by atoms with Crippen molar-refractivity contribution in [2.24, 2.45) is 0 Å². The molecule has 0 spiro atoms. The first-order valence-electron chi connectivity index (χ1n) is 8.82. The normalized spacial score (nSPS) is 26.5. The Morgan fingerprint density at radius 2 is 2.08 bits per heavy atom. The minimum atomic E-state index is -0.341. The van der Waals surface area contributed by atoms with Crippen LogP contribution in [0.3, 0.4) is 0 Å². The van der Waals surface area contributed by atoms with Crippen molar-refractivity contribution in [2.45, 2.75) is 50.7 Å². The Morgan fingerprint density at radius 1 is 1.29 bits per heavy atom. The monoisotopic (exact) mass is 330 g/mol. The van der Waals surface area contributed by atoms with E-state index >= 15 is 0 Å². The Hall–Kier alpha value is -1.88. The fourth-order valence-electron chi connectivity index (χ4n) is 3.58. The van der Waals surface area contributed by atoms with Crippen LogP contribution in [0.2, 0.25) is 0 Å². The fourth-order valence-corrected chi connectivity index (χ4v) is 3.58. The first kappa shape index (κ1) is 17.0. The van der Waals surface area contributed by atoms with Crippen molar-refractivity contribution in [1.29, 1.82) is 0 Å². The average Bonchev–Trinajstić information content (AvgIpc) is 3.23. The van der Waals surface area contributed by atoms with E-state index < -0.39 is 0 Å². The molecule has 0 aromatic heterocycles. The van der Waals surface area contributed by atoms with E-state index in [-0.39, 0.29) is 23.5 Å². The van der Waals surface area contributed by atoms with Crippen molar-refractivity contribution in [3.05, 3.63) is 35.9 Å². The minimum Gasteiger partial charge on any atom is -0.373 e. The maximum Gasteiger partial charge on any atom is 0.242 e. The van der Waals surface area contributed by atoms with Gasteiger partial charge in [-0.3, -0.25) is 9.59 Å². The maximum absolute atomic E-state index is 12.6. The standard InChI is InChI=1S/C19H26N2O3/c1-19(10-6-12-24-19)14-20-18(23)16-9-5-11-21(16)17(22)13-15-7-3-2-4-8-15/h2-4,7-8,16H,5-6,9-14H2,1H3,(H,20,23)/t16-,19+/m0/s1. The SMILES string of the molecule is C[C@]1(CNC(=O)[C@@H]2CCCN2C(=O)Cc2ccccc2)CCCO1. The summed E-state index contributed by atoms with van der Waals surface area (Å²) in [5.41, 5.74) is 0.730. The molecule has 2 aliphatic heterocycles. The molecule has 2 amide bonds. The summed E-state index contributed by atoms with van der Waals surface area (Å²) in [5.74, 6) is -0.0205. The molecule has 3 rings (SSSR count). The lowest BCUT2D eigenvalue weighted by Crippen LogP contribution is -2.49. The van der Waals surface area contributed by atoms with Crippen LogP contribution in [0.5, 0.6) is 0 Å². The zero-order valence-electron chi connectivity index (χ0n) is 14.3. The van der Waals surface area contributed by atoms with Gasteiger partial charge >= 0.3 is 0 Å². The number of ether oxygens (including phenoxy) is 1. The van der Waals surface area contributed by atoms with Gasteiger partial charge in [0.2, 0.25) is 11.8 Å². The lowest BCUT2D eigenvalue weighted by atomic mass is 10.0. The van der Waals surface area contributed by atoms with Crippen molar-refractivity contribution in [1.82, 2.24) is 10.2 Å². The third kappa shape index (κ3) is 3.96. The zero-order valence-corrected chi connectivity index (χ0v) is 14.3. The van der Waals surface area contributed by atoms with E-state index in [1.807, 2.05) is 37.3 Å². The van der Waals surface area contributed by atoms with Crippen molar-refractivity contribution in [3.63, 3.8) is 0 Å². The Labute approximate surface area is 143 Å². The Balaban J connectivity index is 1.56. The van der Waals surface area contributed by atoms with E-state index in [2.05, 4.69) is 5.32 Å². The van der Waals surface area contributed by atoms with Crippen LogP contribution in [0.1, 0.15) is 38.2 Å². The van der Waals surface area contributed by atoms with Gasteiger partial charge in [-0.05, 0) is 38.2 Å². The zero-order chi connectivity index (χ0) is 17.0. The van der Waals surface area contributed by atoms with Gasteiger partial charge in [-0.2, -0.15) is 0 Å². The summed E-state index contributed by atoms with van der Waals surface area (Å²) in [6.45, 7) is 3.98. The predicted octanol–water partition coefficient (Wildman–Crippen LogP) is 1.91. The summed E-state index contributed by atoms with van der Waals surface area (Å²) in [6.07, 6.45) is 3.98. The number of hydrogen-bond donors (Lipinski definition) is 1. The topological polar surface area (TPSA) is 58.6 Å². The number of nitrogens with zero attached hydrogens (tertiary/aromatic N) is 1. The predicted molar refractivity (Wildman–Crippen MR) is 91.5 cm³/mol. The number of nitrogens with one attached hydrogen (secondary N) is 1. The van der Waals surface area contributed by atoms with E-state index in [0.717, 1.165) is 37.9 Å². The number of rotatable bonds is 5. The second kappa shape index (κ2) is 7.34. The molecule has 2 fully saturated rings. The highest BCUT2D eigenvalue weighted by Crippen LogP contribution is 2.24. The second-order valence-electron chi connectivity index (χ2n) is 7.03. The summed E-state index contributed by atoms with van der Waals surface area (Å²) in [4.78, 5) is 26.9. The molecule has 2 heterocycles. The van der Waals surface area contributed by atoms with Crippen molar-refractivity contribution in [3.8, 4) is 0 Å². The summed E-state index contributed by atoms with van der Waals surface area (Å²) in [5, 5.41) is 3.00. The van der Waals surface area contributed by atoms with Crippen molar-refractivity contribution >= 4 is 11.8 Å². The lowest BCUT2D eigenvalue weighted by molar-refractivity contribution is -0.138. The van der Waals surface area contributed by atoms with Gasteiger partial charge in [-0.1, -0.05) is 30.3 Å². The van der Waals surface area contributed by atoms with Gasteiger partial charge in [0.05, 0.1) is 12.0 Å². The van der Waals surface area contributed by atoms with Crippen LogP contribution in [0.25, 0.3) is 0 Å². The smallest absolute Gasteiger partial charge is 0.242 e. The second-order valence-corrected chi connectivity index (χ2v) is 7.03. The minimum absolute atomic E-state index is 0.0298. The van der Waals surface area contributed by atoms with Crippen molar-refractivity contribution in [2.75, 3.05) is 19.7 Å². The molecule has 1 aromatic rings. The molecule has 0 saturated carbocycles. The highest BCUT2D eigenvalue weighted by molar-refractivity contribution is 5.89. The summed E-state index contributed by atoms with van der Waals surface area (Å²) in [7, 11) is 0. The van der Waals surface area contributed by atoms with Gasteiger partial charge in [0.1, 0.15) is 6.04 Å². The molecule has 1 aromatic carbocycles. The first-order valence-corrected chi connectivity index (χ1v) is 8.82. The third-order valence-corrected chi connectivity index (χ3v) is 5.01. The fraction of sp³-hybridized carbons (Fsp3) is 0.579. The van der Waals surface area contributed by atoms with Gasteiger partial charge < -0.3 is 15.0 Å². The lowest BCUT2D eigenvalue weighted by Gasteiger charge is -2.27. The number of likely N-dealkylation sites (tertiary alicyclic amines) is 1. The Morgan fingerprint density at radius 3 is 2.79 bits per heavy atom. The third-order valence-electron chi connectivity index (χ3n) is 5.01. The number of amides is 2. The summed E-state index contributed by atoms with van der Waals surface area (Å²) in [6, 6.07) is 9.35. The molecule has 2 atom stereocenters. The molecule has 0 aliphatic carbocycles. The molecule has 0 unspecified atom stereocenters. The highest BCUT2D eigenvalue weighted by Gasteiger charge is 2.36. The summed E-state index contributed by atoms with van der Waals surface area (Å²) < 4.78 is 5.71. The number of hydrogen-bond acceptors (Lipinski definition) is 3. The molecule has 2 saturated heterocycles. The van der Waals surface area contributed by atoms with Gasteiger partial charge in [0.25, 0.3) is 0 Å².